The van der Waals surface area contributed by atoms with Crippen LogP contribution in [0.5, 0.6) is 0 Å². The normalized spacial score (nSPS) is 13.6. The molecule has 3 amide bonds. The average molecular weight is 230 g/mol. The van der Waals surface area contributed by atoms with E-state index in [9.17, 15) is 9.59 Å². The van der Waals surface area contributed by atoms with Crippen molar-refractivity contribution in [2.24, 2.45) is 16.9 Å². The van der Waals surface area contributed by atoms with Gasteiger partial charge in [-0.15, -0.1) is 0 Å². The molecule has 0 aromatic heterocycles. The molecule has 0 fully saturated rings. The Hall–Kier alpha value is -1.14. The molecule has 0 spiro atoms. The van der Waals surface area contributed by atoms with Crippen molar-refractivity contribution in [2.75, 3.05) is 20.1 Å². The number of hydrogen-bond acceptors (Lipinski definition) is 4. The van der Waals surface area contributed by atoms with Crippen LogP contribution in [0, 0.1) is 5.41 Å². The number of carbonyl (C=O) groups excluding carboxylic acids is 2. The Morgan fingerprint density at radius 3 is 2.31 bits per heavy atom. The Morgan fingerprint density at radius 1 is 1.44 bits per heavy atom. The Balaban J connectivity index is 4.33. The molecule has 0 saturated carbocycles. The zero-order valence-electron chi connectivity index (χ0n) is 10.4. The molecule has 5 N–H and O–H groups in total. The maximum absolute atomic E-state index is 11.5. The van der Waals surface area contributed by atoms with E-state index in [1.165, 1.54) is 0 Å². The standard InChI is InChI=1S/C10H22N4O2/c1-7(8(15)13-9(12)16)14(4)6-10(2,3)5-11/h7H,5-6,11H2,1-4H3,(H3,12,13,15,16). The molecule has 0 heterocycles. The number of nitrogens with one attached hydrogen (secondary N) is 1. The van der Waals surface area contributed by atoms with Crippen molar-refractivity contribution in [1.82, 2.24) is 10.2 Å². The van der Waals surface area contributed by atoms with Crippen LogP contribution in [0.1, 0.15) is 20.8 Å². The third-order valence-electron chi connectivity index (χ3n) is 2.52. The van der Waals surface area contributed by atoms with Crippen molar-refractivity contribution in [3.63, 3.8) is 0 Å². The van der Waals surface area contributed by atoms with Crippen LogP contribution in [0.15, 0.2) is 0 Å². The van der Waals surface area contributed by atoms with Gasteiger partial charge in [0.1, 0.15) is 0 Å². The number of nitrogens with zero attached hydrogens (tertiary/aromatic N) is 1. The lowest BCUT2D eigenvalue weighted by atomic mass is 9.93. The minimum atomic E-state index is -0.830. The molecule has 0 rings (SSSR count). The lowest BCUT2D eigenvalue weighted by molar-refractivity contribution is -0.124. The molecule has 16 heavy (non-hydrogen) atoms. The van der Waals surface area contributed by atoms with Gasteiger partial charge in [-0.1, -0.05) is 13.8 Å². The van der Waals surface area contributed by atoms with Crippen LogP contribution in [0.2, 0.25) is 0 Å². The largest absolute Gasteiger partial charge is 0.351 e. The number of likely N-dealkylation sites (N-methyl/N-ethyl adjacent to an activating group) is 1. The summed E-state index contributed by atoms with van der Waals surface area (Å²) in [5, 5.41) is 2.05. The van der Waals surface area contributed by atoms with E-state index in [1.54, 1.807) is 6.92 Å². The lowest BCUT2D eigenvalue weighted by Crippen LogP contribution is -2.50. The molecule has 0 aliphatic rings. The molecule has 0 radical (unpaired) electrons. The second kappa shape index (κ2) is 5.81. The van der Waals surface area contributed by atoms with Crippen molar-refractivity contribution < 1.29 is 9.59 Å². The van der Waals surface area contributed by atoms with Gasteiger partial charge in [0.05, 0.1) is 6.04 Å². The fraction of sp³-hybridized carbons (Fsp3) is 0.800. The molecule has 1 unspecified atom stereocenters. The van der Waals surface area contributed by atoms with Gasteiger partial charge in [0, 0.05) is 6.54 Å². The Morgan fingerprint density at radius 2 is 1.94 bits per heavy atom. The highest BCUT2D eigenvalue weighted by Crippen LogP contribution is 2.15. The van der Waals surface area contributed by atoms with Crippen LogP contribution in [0.4, 0.5) is 4.79 Å². The number of hydrogen-bond donors (Lipinski definition) is 3. The van der Waals surface area contributed by atoms with E-state index < -0.39 is 18.0 Å². The van der Waals surface area contributed by atoms with E-state index >= 15 is 0 Å². The predicted octanol–water partition coefficient (Wildman–Crippen LogP) is -0.513. The number of primary amides is 1. The van der Waals surface area contributed by atoms with Crippen LogP contribution in [0.3, 0.4) is 0 Å². The lowest BCUT2D eigenvalue weighted by Gasteiger charge is -2.32. The van der Waals surface area contributed by atoms with Crippen molar-refractivity contribution in [3.05, 3.63) is 0 Å². The minimum absolute atomic E-state index is 0.0734. The first-order valence-electron chi connectivity index (χ1n) is 5.20. The van der Waals surface area contributed by atoms with Crippen LogP contribution >= 0.6 is 0 Å². The first-order valence-corrected chi connectivity index (χ1v) is 5.20. The number of carbonyl (C=O) groups is 2. The molecular formula is C10H22N4O2. The second-order valence-corrected chi connectivity index (χ2v) is 4.81. The van der Waals surface area contributed by atoms with Crippen LogP contribution < -0.4 is 16.8 Å². The summed E-state index contributed by atoms with van der Waals surface area (Å²) < 4.78 is 0. The molecule has 0 bridgehead atoms. The first kappa shape index (κ1) is 14.9. The van der Waals surface area contributed by atoms with E-state index in [-0.39, 0.29) is 5.41 Å². The summed E-state index contributed by atoms with van der Waals surface area (Å²) in [5.74, 6) is -0.400. The topological polar surface area (TPSA) is 101 Å². The minimum Gasteiger partial charge on any atom is -0.351 e. The summed E-state index contributed by atoms with van der Waals surface area (Å²) in [6.45, 7) is 6.94. The Kier molecular flexibility index (Phi) is 5.40. The van der Waals surface area contributed by atoms with E-state index in [0.717, 1.165) is 0 Å². The molecule has 6 heteroatoms. The van der Waals surface area contributed by atoms with Crippen LogP contribution in [-0.2, 0) is 4.79 Å². The molecule has 0 aliphatic heterocycles. The van der Waals surface area contributed by atoms with Crippen molar-refractivity contribution >= 4 is 11.9 Å². The fourth-order valence-electron chi connectivity index (χ4n) is 1.30. The van der Waals surface area contributed by atoms with Gasteiger partial charge in [-0.2, -0.15) is 0 Å². The molecule has 0 aromatic rings. The summed E-state index contributed by atoms with van der Waals surface area (Å²) in [7, 11) is 1.81. The summed E-state index contributed by atoms with van der Waals surface area (Å²) in [4.78, 5) is 23.9. The van der Waals surface area contributed by atoms with Crippen molar-refractivity contribution in [3.8, 4) is 0 Å². The van der Waals surface area contributed by atoms with Crippen molar-refractivity contribution in [2.45, 2.75) is 26.8 Å². The summed E-state index contributed by atoms with van der Waals surface area (Å²) in [6.07, 6.45) is 0. The van der Waals surface area contributed by atoms with Gasteiger partial charge in [0.25, 0.3) is 0 Å². The van der Waals surface area contributed by atoms with Gasteiger partial charge in [0.15, 0.2) is 0 Å². The second-order valence-electron chi connectivity index (χ2n) is 4.81. The average Bonchev–Trinajstić information content (AvgIpc) is 2.14. The molecule has 0 saturated heterocycles. The monoisotopic (exact) mass is 230 g/mol. The van der Waals surface area contributed by atoms with Gasteiger partial charge in [-0.05, 0) is 25.9 Å². The third-order valence-corrected chi connectivity index (χ3v) is 2.52. The predicted molar refractivity (Wildman–Crippen MR) is 62.7 cm³/mol. The first-order chi connectivity index (χ1) is 7.19. The van der Waals surface area contributed by atoms with E-state index in [1.807, 2.05) is 25.8 Å². The smallest absolute Gasteiger partial charge is 0.318 e. The fourth-order valence-corrected chi connectivity index (χ4v) is 1.30. The molecule has 94 valence electrons. The number of rotatable bonds is 5. The maximum atomic E-state index is 11.5. The van der Waals surface area contributed by atoms with E-state index in [2.05, 4.69) is 5.32 Å². The Labute approximate surface area is 96.3 Å². The number of urea groups is 1. The summed E-state index contributed by atoms with van der Waals surface area (Å²) >= 11 is 0. The number of nitrogens with two attached hydrogens (primary N) is 2. The van der Waals surface area contributed by atoms with Crippen LogP contribution in [0.25, 0.3) is 0 Å². The molecular weight excluding hydrogens is 208 g/mol. The van der Waals surface area contributed by atoms with Gasteiger partial charge in [-0.3, -0.25) is 15.0 Å². The highest BCUT2D eigenvalue weighted by atomic mass is 16.2. The Bertz CT molecular complexity index is 266. The molecule has 0 aliphatic carbocycles. The summed E-state index contributed by atoms with van der Waals surface area (Å²) in [5.41, 5.74) is 10.4. The van der Waals surface area contributed by atoms with Crippen LogP contribution in [-0.4, -0.2) is 43.0 Å². The highest BCUT2D eigenvalue weighted by Gasteiger charge is 2.25. The summed E-state index contributed by atoms with van der Waals surface area (Å²) in [6, 6.07) is -1.25. The zero-order valence-corrected chi connectivity index (χ0v) is 10.4. The number of amides is 3. The zero-order chi connectivity index (χ0) is 12.9. The molecule has 0 aromatic carbocycles. The number of imide groups is 1. The van der Waals surface area contributed by atoms with Gasteiger partial charge < -0.3 is 11.5 Å². The highest BCUT2D eigenvalue weighted by molar-refractivity contribution is 5.96. The van der Waals surface area contributed by atoms with E-state index in [4.69, 9.17) is 11.5 Å². The molecule has 6 nitrogen and oxygen atoms in total. The maximum Gasteiger partial charge on any atom is 0.318 e. The molecule has 1 atom stereocenters. The van der Waals surface area contributed by atoms with Gasteiger partial charge in [0.2, 0.25) is 5.91 Å². The SMILES string of the molecule is CC(C(=O)NC(N)=O)N(C)CC(C)(C)CN. The quantitative estimate of drug-likeness (QED) is 0.592. The third kappa shape index (κ3) is 5.09. The van der Waals surface area contributed by atoms with Gasteiger partial charge in [-0.25, -0.2) is 4.79 Å². The van der Waals surface area contributed by atoms with Crippen molar-refractivity contribution in [1.29, 1.82) is 0 Å². The van der Waals surface area contributed by atoms with E-state index in [0.29, 0.717) is 13.1 Å². The van der Waals surface area contributed by atoms with Gasteiger partial charge >= 0.3 is 6.03 Å².